The van der Waals surface area contributed by atoms with Crippen LogP contribution in [0.2, 0.25) is 0 Å². The smallest absolute Gasteiger partial charge is 0.401 e. The third kappa shape index (κ3) is 5.39. The van der Waals surface area contributed by atoms with Crippen LogP contribution in [0.5, 0.6) is 5.75 Å². The number of hydrogen-bond acceptors (Lipinski definition) is 4. The highest BCUT2D eigenvalue weighted by Crippen LogP contribution is 2.38. The third-order valence-corrected chi connectivity index (χ3v) is 4.60. The van der Waals surface area contributed by atoms with Gasteiger partial charge in [0.25, 0.3) is 5.91 Å². The summed E-state index contributed by atoms with van der Waals surface area (Å²) in [6.07, 6.45) is -3.26. The molecule has 3 rings (SSSR count). The van der Waals surface area contributed by atoms with E-state index >= 15 is 0 Å². The van der Waals surface area contributed by atoms with Gasteiger partial charge in [-0.1, -0.05) is 24.3 Å². The number of piperidine rings is 1. The van der Waals surface area contributed by atoms with Crippen LogP contribution in [0.15, 0.2) is 48.5 Å². The maximum absolute atomic E-state index is 13.0. The molecule has 0 bridgehead atoms. The number of halogens is 3. The van der Waals surface area contributed by atoms with Crippen LogP contribution in [0.25, 0.3) is 0 Å². The second kappa shape index (κ2) is 8.52. The Morgan fingerprint density at radius 3 is 2.32 bits per heavy atom. The number of benzene rings is 2. The van der Waals surface area contributed by atoms with Gasteiger partial charge in [0.15, 0.2) is 5.75 Å². The summed E-state index contributed by atoms with van der Waals surface area (Å²) in [6.45, 7) is 1.72. The summed E-state index contributed by atoms with van der Waals surface area (Å²) in [5, 5.41) is 5.66. The molecule has 2 N–H and O–H groups in total. The molecule has 0 atom stereocenters. The number of alkyl halides is 3. The van der Waals surface area contributed by atoms with Crippen LogP contribution >= 0.6 is 0 Å². The predicted molar refractivity (Wildman–Crippen MR) is 102 cm³/mol. The first-order valence-corrected chi connectivity index (χ1v) is 9.02. The van der Waals surface area contributed by atoms with Gasteiger partial charge >= 0.3 is 6.36 Å². The minimum Gasteiger partial charge on any atom is -0.401 e. The van der Waals surface area contributed by atoms with E-state index in [9.17, 15) is 18.0 Å². The molecule has 0 unspecified atom stereocenters. The number of rotatable bonds is 5. The molecule has 0 aromatic heterocycles. The molecule has 8 heteroatoms. The summed E-state index contributed by atoms with van der Waals surface area (Å²) < 4.78 is 43.3. The van der Waals surface area contributed by atoms with E-state index in [4.69, 9.17) is 0 Å². The van der Waals surface area contributed by atoms with E-state index in [1.165, 1.54) is 12.1 Å². The summed E-state index contributed by atoms with van der Waals surface area (Å²) in [6, 6.07) is 12.8. The van der Waals surface area contributed by atoms with Crippen LogP contribution in [0, 0.1) is 0 Å². The van der Waals surface area contributed by atoms with Gasteiger partial charge in [0.05, 0.1) is 11.4 Å². The molecule has 1 saturated heterocycles. The maximum Gasteiger partial charge on any atom is 0.573 e. The molecule has 1 aliphatic rings. The van der Waals surface area contributed by atoms with E-state index in [2.05, 4.69) is 20.3 Å². The summed E-state index contributed by atoms with van der Waals surface area (Å²) in [4.78, 5) is 14.6. The average molecular weight is 393 g/mol. The van der Waals surface area contributed by atoms with Crippen LogP contribution in [-0.4, -0.2) is 43.3 Å². The molecule has 150 valence electrons. The Morgan fingerprint density at radius 1 is 1.04 bits per heavy atom. The lowest BCUT2D eigenvalue weighted by molar-refractivity contribution is -0.274. The van der Waals surface area contributed by atoms with E-state index in [-0.39, 0.29) is 17.4 Å². The second-order valence-corrected chi connectivity index (χ2v) is 6.77. The van der Waals surface area contributed by atoms with Gasteiger partial charge in [0.2, 0.25) is 0 Å². The molecule has 0 spiro atoms. The van der Waals surface area contributed by atoms with E-state index in [0.29, 0.717) is 5.56 Å². The van der Waals surface area contributed by atoms with Gasteiger partial charge < -0.3 is 20.3 Å². The van der Waals surface area contributed by atoms with Gasteiger partial charge in [0, 0.05) is 11.6 Å². The lowest BCUT2D eigenvalue weighted by Crippen LogP contribution is -2.36. The summed E-state index contributed by atoms with van der Waals surface area (Å²) in [7, 11) is 2.01. The van der Waals surface area contributed by atoms with Crippen molar-refractivity contribution in [3.63, 3.8) is 0 Å². The van der Waals surface area contributed by atoms with E-state index in [0.717, 1.165) is 25.9 Å². The molecular formula is C20H22F3N3O2. The first kappa shape index (κ1) is 20.0. The molecule has 1 aliphatic heterocycles. The van der Waals surface area contributed by atoms with Gasteiger partial charge in [-0.3, -0.25) is 4.79 Å². The Bertz CT molecular complexity index is 804. The molecule has 0 aliphatic carbocycles. The molecule has 2 aromatic carbocycles. The number of carbonyl (C=O) groups is 1. The van der Waals surface area contributed by atoms with Crippen molar-refractivity contribution in [1.82, 2.24) is 4.90 Å². The fourth-order valence-electron chi connectivity index (χ4n) is 3.13. The number of nitrogens with one attached hydrogen (secondary N) is 2. The highest BCUT2D eigenvalue weighted by molar-refractivity contribution is 6.05. The van der Waals surface area contributed by atoms with Gasteiger partial charge in [-0.15, -0.1) is 13.2 Å². The van der Waals surface area contributed by atoms with Crippen molar-refractivity contribution >= 4 is 17.3 Å². The molecule has 5 nitrogen and oxygen atoms in total. The van der Waals surface area contributed by atoms with Crippen LogP contribution in [0.3, 0.4) is 0 Å². The lowest BCUT2D eigenvalue weighted by atomic mass is 10.0. The molecule has 1 amide bonds. The fraction of sp³-hybridized carbons (Fsp3) is 0.350. The van der Waals surface area contributed by atoms with Gasteiger partial charge in [-0.2, -0.15) is 0 Å². The third-order valence-electron chi connectivity index (χ3n) is 4.60. The number of carbonyl (C=O) groups excluding carboxylic acids is 1. The van der Waals surface area contributed by atoms with Crippen molar-refractivity contribution in [2.45, 2.75) is 25.2 Å². The van der Waals surface area contributed by atoms with E-state index < -0.39 is 18.0 Å². The van der Waals surface area contributed by atoms with Crippen molar-refractivity contribution in [2.24, 2.45) is 0 Å². The molecule has 1 fully saturated rings. The zero-order chi connectivity index (χ0) is 20.1. The monoisotopic (exact) mass is 393 g/mol. The highest BCUT2D eigenvalue weighted by atomic mass is 19.4. The van der Waals surface area contributed by atoms with Crippen molar-refractivity contribution in [2.75, 3.05) is 30.8 Å². The number of hydrogen-bond donors (Lipinski definition) is 2. The SMILES string of the molecule is CN1CCC(Nc2cccc(NC(=O)c3ccccc3)c2OC(F)(F)F)CC1. The molecule has 2 aromatic rings. The second-order valence-electron chi connectivity index (χ2n) is 6.77. The fourth-order valence-corrected chi connectivity index (χ4v) is 3.13. The van der Waals surface area contributed by atoms with Crippen LogP contribution in [-0.2, 0) is 0 Å². The first-order valence-electron chi connectivity index (χ1n) is 9.02. The molecule has 0 radical (unpaired) electrons. The quantitative estimate of drug-likeness (QED) is 0.793. The zero-order valence-electron chi connectivity index (χ0n) is 15.4. The number of ether oxygens (including phenoxy) is 1. The summed E-state index contributed by atoms with van der Waals surface area (Å²) >= 11 is 0. The minimum atomic E-state index is -4.88. The summed E-state index contributed by atoms with van der Waals surface area (Å²) in [5.41, 5.74) is 0.510. The Labute approximate surface area is 161 Å². The Kier molecular flexibility index (Phi) is 6.08. The van der Waals surface area contributed by atoms with Crippen molar-refractivity contribution in [3.05, 3.63) is 54.1 Å². The topological polar surface area (TPSA) is 53.6 Å². The molecule has 0 saturated carbocycles. The predicted octanol–water partition coefficient (Wildman–Crippen LogP) is 4.34. The number of likely N-dealkylation sites (tertiary alicyclic amines) is 1. The van der Waals surface area contributed by atoms with Crippen LogP contribution in [0.1, 0.15) is 23.2 Å². The molecule has 28 heavy (non-hydrogen) atoms. The minimum absolute atomic E-state index is 0.0341. The van der Waals surface area contributed by atoms with Crippen molar-refractivity contribution in [1.29, 1.82) is 0 Å². The van der Waals surface area contributed by atoms with Crippen molar-refractivity contribution in [3.8, 4) is 5.75 Å². The van der Waals surface area contributed by atoms with Gasteiger partial charge in [-0.05, 0) is 57.2 Å². The van der Waals surface area contributed by atoms with E-state index in [1.54, 1.807) is 36.4 Å². The summed E-state index contributed by atoms with van der Waals surface area (Å²) in [5.74, 6) is -0.942. The van der Waals surface area contributed by atoms with Crippen LogP contribution < -0.4 is 15.4 Å². The number of amides is 1. The number of anilines is 2. The first-order chi connectivity index (χ1) is 13.3. The highest BCUT2D eigenvalue weighted by Gasteiger charge is 2.34. The van der Waals surface area contributed by atoms with Crippen LogP contribution in [0.4, 0.5) is 24.5 Å². The average Bonchev–Trinajstić information content (AvgIpc) is 2.66. The van der Waals surface area contributed by atoms with Gasteiger partial charge in [-0.25, -0.2) is 0 Å². The zero-order valence-corrected chi connectivity index (χ0v) is 15.4. The Hall–Kier alpha value is -2.74. The molecule has 1 heterocycles. The largest absolute Gasteiger partial charge is 0.573 e. The number of para-hydroxylation sites is 1. The normalized spacial score (nSPS) is 15.9. The maximum atomic E-state index is 13.0. The standard InChI is InChI=1S/C20H22F3N3O2/c1-26-12-10-15(11-13-26)24-16-8-5-9-17(18(16)28-20(21,22)23)25-19(27)14-6-3-2-4-7-14/h2-9,15,24H,10-13H2,1H3,(H,25,27). The number of nitrogens with zero attached hydrogens (tertiary/aromatic N) is 1. The van der Waals surface area contributed by atoms with Crippen molar-refractivity contribution < 1.29 is 22.7 Å². The Morgan fingerprint density at radius 2 is 1.68 bits per heavy atom. The Balaban J connectivity index is 1.85. The lowest BCUT2D eigenvalue weighted by Gasteiger charge is -2.31. The van der Waals surface area contributed by atoms with Gasteiger partial charge in [0.1, 0.15) is 0 Å². The molecular weight excluding hydrogens is 371 g/mol. The van der Waals surface area contributed by atoms with E-state index in [1.807, 2.05) is 7.05 Å².